The minimum absolute atomic E-state index is 0.114. The first-order valence-electron chi connectivity index (χ1n) is 7.00. The van der Waals surface area contributed by atoms with E-state index in [1.165, 1.54) is 16.2 Å². The van der Waals surface area contributed by atoms with Gasteiger partial charge in [-0.1, -0.05) is 18.2 Å². The van der Waals surface area contributed by atoms with E-state index >= 15 is 0 Å². The van der Waals surface area contributed by atoms with Gasteiger partial charge in [0.25, 0.3) is 0 Å². The summed E-state index contributed by atoms with van der Waals surface area (Å²) < 4.78 is 2.12. The van der Waals surface area contributed by atoms with E-state index in [4.69, 9.17) is 5.26 Å². The Morgan fingerprint density at radius 1 is 1.21 bits per heavy atom. The Bertz CT molecular complexity index is 923. The molecule has 120 valence electrons. The Morgan fingerprint density at radius 3 is 2.67 bits per heavy atom. The van der Waals surface area contributed by atoms with Gasteiger partial charge < -0.3 is 0 Å². The number of hydrogen-bond donors (Lipinski definition) is 0. The Kier molecular flexibility index (Phi) is 4.49. The maximum atomic E-state index is 12.5. The van der Waals surface area contributed by atoms with Crippen LogP contribution in [0.5, 0.6) is 0 Å². The Labute approximate surface area is 140 Å². The molecule has 0 atom stereocenters. The first kappa shape index (κ1) is 15.6. The van der Waals surface area contributed by atoms with E-state index < -0.39 is 11.6 Å². The van der Waals surface area contributed by atoms with Gasteiger partial charge in [-0.3, -0.25) is 9.69 Å². The van der Waals surface area contributed by atoms with Crippen molar-refractivity contribution in [3.63, 3.8) is 0 Å². The van der Waals surface area contributed by atoms with Crippen molar-refractivity contribution < 1.29 is 4.79 Å². The van der Waals surface area contributed by atoms with E-state index in [-0.39, 0.29) is 13.1 Å². The number of anilines is 1. The lowest BCUT2D eigenvalue weighted by molar-refractivity contribution is -0.119. The molecular formula is C15H12N6O2S. The monoisotopic (exact) mass is 340 g/mol. The molecule has 0 bridgehead atoms. The van der Waals surface area contributed by atoms with Crippen molar-refractivity contribution in [2.45, 2.75) is 6.54 Å². The SMILES string of the molecule is N#CCN(C(=O)Cn1nnn(-c2cccs2)c1=O)c1ccccc1. The molecule has 3 aromatic rings. The normalized spacial score (nSPS) is 10.3. The van der Waals surface area contributed by atoms with Crippen LogP contribution < -0.4 is 10.6 Å². The number of thiophene rings is 1. The van der Waals surface area contributed by atoms with Gasteiger partial charge in [0.2, 0.25) is 5.91 Å². The summed E-state index contributed by atoms with van der Waals surface area (Å²) >= 11 is 1.34. The number of rotatable bonds is 5. The average molecular weight is 340 g/mol. The minimum atomic E-state index is -0.504. The average Bonchev–Trinajstić information content (AvgIpc) is 3.24. The smallest absolute Gasteiger partial charge is 0.297 e. The number of carbonyl (C=O) groups excluding carboxylic acids is 1. The topological polar surface area (TPSA) is 96.8 Å². The zero-order valence-corrected chi connectivity index (χ0v) is 13.3. The summed E-state index contributed by atoms with van der Waals surface area (Å²) in [5, 5.41) is 18.9. The molecule has 0 fully saturated rings. The molecule has 2 aromatic heterocycles. The largest absolute Gasteiger partial charge is 0.369 e. The molecule has 0 spiro atoms. The summed E-state index contributed by atoms with van der Waals surface area (Å²) in [7, 11) is 0. The summed E-state index contributed by atoms with van der Waals surface area (Å²) in [4.78, 5) is 26.1. The van der Waals surface area contributed by atoms with Gasteiger partial charge >= 0.3 is 5.69 Å². The summed E-state index contributed by atoms with van der Waals surface area (Å²) in [6.07, 6.45) is 0. The second kappa shape index (κ2) is 6.89. The summed E-state index contributed by atoms with van der Waals surface area (Å²) in [6.45, 7) is -0.405. The van der Waals surface area contributed by atoms with Crippen molar-refractivity contribution in [1.29, 1.82) is 5.26 Å². The Morgan fingerprint density at radius 2 is 2.00 bits per heavy atom. The molecule has 1 amide bonds. The zero-order chi connectivity index (χ0) is 16.9. The number of hydrogen-bond acceptors (Lipinski definition) is 6. The van der Waals surface area contributed by atoms with Crippen LogP contribution in [0.25, 0.3) is 5.00 Å². The van der Waals surface area contributed by atoms with Crippen LogP contribution >= 0.6 is 11.3 Å². The van der Waals surface area contributed by atoms with Gasteiger partial charge in [-0.2, -0.15) is 14.6 Å². The first-order valence-corrected chi connectivity index (χ1v) is 7.87. The molecule has 0 aliphatic carbocycles. The van der Waals surface area contributed by atoms with Gasteiger partial charge in [0.05, 0.1) is 6.07 Å². The molecule has 1 aromatic carbocycles. The van der Waals surface area contributed by atoms with Crippen LogP contribution in [0.1, 0.15) is 0 Å². The van der Waals surface area contributed by atoms with Gasteiger partial charge in [-0.05, 0) is 40.1 Å². The molecule has 9 heteroatoms. The molecule has 0 radical (unpaired) electrons. The van der Waals surface area contributed by atoms with Crippen LogP contribution in [-0.4, -0.2) is 32.2 Å². The fourth-order valence-corrected chi connectivity index (χ4v) is 2.79. The van der Waals surface area contributed by atoms with Gasteiger partial charge in [0.15, 0.2) is 0 Å². The molecule has 0 saturated carbocycles. The van der Waals surface area contributed by atoms with Crippen molar-refractivity contribution in [3.8, 4) is 11.1 Å². The molecule has 2 heterocycles. The summed E-state index contributed by atoms with van der Waals surface area (Å²) in [5.74, 6) is -0.414. The first-order chi connectivity index (χ1) is 11.7. The van der Waals surface area contributed by atoms with Crippen LogP contribution in [-0.2, 0) is 11.3 Å². The second-order valence-electron chi connectivity index (χ2n) is 4.76. The van der Waals surface area contributed by atoms with E-state index in [0.717, 1.165) is 9.36 Å². The van der Waals surface area contributed by atoms with E-state index in [1.54, 1.807) is 36.4 Å². The molecule has 0 N–H and O–H groups in total. The third kappa shape index (κ3) is 3.09. The van der Waals surface area contributed by atoms with Crippen LogP contribution in [0.4, 0.5) is 5.69 Å². The number of nitrogens with zero attached hydrogens (tertiary/aromatic N) is 6. The molecule has 24 heavy (non-hydrogen) atoms. The number of carbonyl (C=O) groups is 1. The van der Waals surface area contributed by atoms with Crippen molar-refractivity contribution in [1.82, 2.24) is 19.8 Å². The lowest BCUT2D eigenvalue weighted by Crippen LogP contribution is -2.37. The number of benzene rings is 1. The maximum absolute atomic E-state index is 12.5. The quantitative estimate of drug-likeness (QED) is 0.647. The predicted octanol–water partition coefficient (Wildman–Crippen LogP) is 1.05. The molecule has 0 aliphatic heterocycles. The molecule has 8 nitrogen and oxygen atoms in total. The number of tetrazole rings is 1. The van der Waals surface area contributed by atoms with Crippen LogP contribution in [0.15, 0.2) is 52.6 Å². The van der Waals surface area contributed by atoms with E-state index in [2.05, 4.69) is 10.4 Å². The highest BCUT2D eigenvalue weighted by atomic mass is 32.1. The third-order valence-corrected chi connectivity index (χ3v) is 4.08. The van der Waals surface area contributed by atoms with Gasteiger partial charge in [-0.25, -0.2) is 4.79 Å². The number of nitriles is 1. The number of para-hydroxylation sites is 1. The Hall–Kier alpha value is -3.25. The molecule has 0 aliphatic rings. The molecular weight excluding hydrogens is 328 g/mol. The van der Waals surface area contributed by atoms with Crippen LogP contribution in [0, 0.1) is 11.3 Å². The summed E-state index contributed by atoms with van der Waals surface area (Å²) in [6, 6.07) is 14.3. The van der Waals surface area contributed by atoms with E-state index in [9.17, 15) is 9.59 Å². The lowest BCUT2D eigenvalue weighted by atomic mass is 10.3. The third-order valence-electron chi connectivity index (χ3n) is 3.24. The van der Waals surface area contributed by atoms with Crippen molar-refractivity contribution in [3.05, 3.63) is 58.3 Å². The highest BCUT2D eigenvalue weighted by molar-refractivity contribution is 7.12. The van der Waals surface area contributed by atoms with Crippen molar-refractivity contribution in [2.24, 2.45) is 0 Å². The second-order valence-corrected chi connectivity index (χ2v) is 5.68. The van der Waals surface area contributed by atoms with Crippen molar-refractivity contribution >= 4 is 22.9 Å². The number of aromatic nitrogens is 4. The fraction of sp³-hybridized carbons (Fsp3) is 0.133. The highest BCUT2D eigenvalue weighted by Gasteiger charge is 2.19. The zero-order valence-electron chi connectivity index (χ0n) is 12.4. The van der Waals surface area contributed by atoms with E-state index in [0.29, 0.717) is 10.7 Å². The lowest BCUT2D eigenvalue weighted by Gasteiger charge is -2.19. The molecule has 0 saturated heterocycles. The molecule has 0 unspecified atom stereocenters. The standard InChI is InChI=1S/C15H12N6O2S/c16-8-9-19(12-5-2-1-3-6-12)13(22)11-20-15(23)21(18-17-20)14-7-4-10-24-14/h1-7,10H,9,11H2. The Balaban J connectivity index is 1.84. The summed E-state index contributed by atoms with van der Waals surface area (Å²) in [5.41, 5.74) is 0.0820. The van der Waals surface area contributed by atoms with Crippen LogP contribution in [0.2, 0.25) is 0 Å². The fourth-order valence-electron chi connectivity index (χ4n) is 2.12. The highest BCUT2D eigenvalue weighted by Crippen LogP contribution is 2.13. The van der Waals surface area contributed by atoms with Crippen LogP contribution in [0.3, 0.4) is 0 Å². The van der Waals surface area contributed by atoms with Gasteiger partial charge in [0.1, 0.15) is 18.1 Å². The number of amides is 1. The van der Waals surface area contributed by atoms with Gasteiger partial charge in [0, 0.05) is 5.69 Å². The molecule has 3 rings (SSSR count). The minimum Gasteiger partial charge on any atom is -0.297 e. The predicted molar refractivity (Wildman–Crippen MR) is 87.9 cm³/mol. The maximum Gasteiger partial charge on any atom is 0.369 e. The van der Waals surface area contributed by atoms with Crippen molar-refractivity contribution in [2.75, 3.05) is 11.4 Å². The van der Waals surface area contributed by atoms with Gasteiger partial charge in [-0.15, -0.1) is 11.3 Å². The van der Waals surface area contributed by atoms with E-state index in [1.807, 2.05) is 17.5 Å².